The van der Waals surface area contributed by atoms with Crippen molar-refractivity contribution in [2.75, 3.05) is 11.9 Å². The lowest BCUT2D eigenvalue weighted by Crippen LogP contribution is -2.35. The summed E-state index contributed by atoms with van der Waals surface area (Å²) in [6.45, 7) is 6.93. The van der Waals surface area contributed by atoms with E-state index >= 15 is 0 Å². The average molecular weight is 441 g/mol. The molecule has 0 bridgehead atoms. The molecule has 0 aliphatic carbocycles. The second-order valence-corrected chi connectivity index (χ2v) is 8.42. The number of fused-ring (bicyclic) bond motifs is 2. The molecule has 3 aromatic rings. The lowest BCUT2D eigenvalue weighted by molar-refractivity contribution is -0.670. The Kier molecular flexibility index (Phi) is 5.48. The first-order valence-electron chi connectivity index (χ1n) is 10.3. The van der Waals surface area contributed by atoms with Crippen LogP contribution in [0.2, 0.25) is 0 Å². The van der Waals surface area contributed by atoms with E-state index in [2.05, 4.69) is 30.9 Å². The van der Waals surface area contributed by atoms with Crippen molar-refractivity contribution < 1.29 is 13.3 Å². The summed E-state index contributed by atoms with van der Waals surface area (Å²) in [6.07, 6.45) is 5.71. The first-order valence-corrected chi connectivity index (χ1v) is 10.6. The van der Waals surface area contributed by atoms with E-state index < -0.39 is 11.2 Å². The second-order valence-electron chi connectivity index (χ2n) is 8.09. The van der Waals surface area contributed by atoms with Crippen LogP contribution < -0.4 is 9.47 Å². The van der Waals surface area contributed by atoms with Gasteiger partial charge in [0.1, 0.15) is 0 Å². The van der Waals surface area contributed by atoms with Gasteiger partial charge in [-0.05, 0) is 48.4 Å². The minimum Gasteiger partial charge on any atom is -0.347 e. The summed E-state index contributed by atoms with van der Waals surface area (Å²) >= 11 is 5.40. The Morgan fingerprint density at radius 2 is 1.77 bits per heavy atom. The summed E-state index contributed by atoms with van der Waals surface area (Å²) < 4.78 is 31.6. The van der Waals surface area contributed by atoms with Gasteiger partial charge in [0, 0.05) is 29.9 Å². The molecule has 1 aliphatic rings. The number of anilines is 1. The average Bonchev–Trinajstić information content (AvgIpc) is 3.17. The molecule has 0 saturated carbocycles. The molecule has 2 aromatic carbocycles. The largest absolute Gasteiger partial charge is 0.347 e. The number of likely N-dealkylation sites (N-methyl/N-ethyl adjacent to an activating group) is 1. The summed E-state index contributed by atoms with van der Waals surface area (Å²) in [5.74, 6) is -0.618. The number of benzene rings is 2. The minimum absolute atomic E-state index is 0.170. The van der Waals surface area contributed by atoms with Crippen LogP contribution in [0.25, 0.3) is 23.1 Å². The van der Waals surface area contributed by atoms with E-state index in [0.717, 1.165) is 11.2 Å². The maximum absolute atomic E-state index is 14.8. The number of rotatable bonds is 4. The van der Waals surface area contributed by atoms with E-state index in [1.165, 1.54) is 15.8 Å². The number of para-hydroxylation sites is 3. The van der Waals surface area contributed by atoms with Crippen LogP contribution in [0.5, 0.6) is 0 Å². The lowest BCUT2D eigenvalue weighted by Gasteiger charge is -2.23. The van der Waals surface area contributed by atoms with Gasteiger partial charge in [-0.25, -0.2) is 4.57 Å². The first kappa shape index (κ1) is 21.3. The van der Waals surface area contributed by atoms with Crippen molar-refractivity contribution in [3.05, 3.63) is 83.1 Å². The molecule has 0 atom stereocenters. The van der Waals surface area contributed by atoms with Gasteiger partial charge < -0.3 is 4.90 Å². The molecule has 4 rings (SSSR count). The zero-order valence-corrected chi connectivity index (χ0v) is 18.8. The molecular formula is C25H25ClF2N3+. The molecule has 0 N–H and O–H groups in total. The predicted molar refractivity (Wildman–Crippen MR) is 124 cm³/mol. The predicted octanol–water partition coefficient (Wildman–Crippen LogP) is 6.53. The van der Waals surface area contributed by atoms with Crippen molar-refractivity contribution in [3.8, 4) is 0 Å². The minimum atomic E-state index is -1.37. The normalized spacial score (nSPS) is 17.6. The van der Waals surface area contributed by atoms with Gasteiger partial charge in [0.2, 0.25) is 0 Å². The maximum atomic E-state index is 14.8. The molecular weight excluding hydrogens is 416 g/mol. The lowest BCUT2D eigenvalue weighted by atomic mass is 9.84. The van der Waals surface area contributed by atoms with Crippen LogP contribution in [0.15, 0.2) is 71.7 Å². The standard InChI is InChI=1S/C25H25ClF2N3/c1-5-30-19-13-8-9-14-20(19)31(24(28)23(26)27)22(30)16-10-15-21-25(2,3)17-11-6-7-12-18(17)29(21)4/h6-16H,5H2,1-4H3/q+1/b24-23-. The van der Waals surface area contributed by atoms with E-state index in [-0.39, 0.29) is 5.41 Å². The summed E-state index contributed by atoms with van der Waals surface area (Å²) in [6, 6.07) is 15.6. The molecule has 0 unspecified atom stereocenters. The van der Waals surface area contributed by atoms with Gasteiger partial charge in [-0.1, -0.05) is 50.3 Å². The van der Waals surface area contributed by atoms with Gasteiger partial charge in [0.15, 0.2) is 11.0 Å². The summed E-state index contributed by atoms with van der Waals surface area (Å²) in [5.41, 5.74) is 4.73. The molecule has 0 amide bonds. The van der Waals surface area contributed by atoms with Gasteiger partial charge in [0.25, 0.3) is 11.1 Å². The van der Waals surface area contributed by atoms with Crippen molar-refractivity contribution >= 4 is 40.3 Å². The third-order valence-corrected chi connectivity index (χ3v) is 6.18. The van der Waals surface area contributed by atoms with Crippen molar-refractivity contribution in [1.82, 2.24) is 4.57 Å². The zero-order valence-electron chi connectivity index (χ0n) is 18.0. The Hall–Kier alpha value is -2.92. The molecule has 0 radical (unpaired) electrons. The molecule has 6 heteroatoms. The van der Waals surface area contributed by atoms with Crippen molar-refractivity contribution in [2.45, 2.75) is 32.7 Å². The van der Waals surface area contributed by atoms with Crippen LogP contribution in [0.4, 0.5) is 14.5 Å². The number of halogens is 3. The maximum Gasteiger partial charge on any atom is 0.331 e. The Morgan fingerprint density at radius 3 is 2.45 bits per heavy atom. The Bertz CT molecular complexity index is 1250. The fourth-order valence-corrected chi connectivity index (χ4v) is 4.65. The van der Waals surface area contributed by atoms with Crippen LogP contribution in [0, 0.1) is 0 Å². The number of imidazole rings is 1. The molecule has 0 saturated heterocycles. The Labute approximate surface area is 186 Å². The van der Waals surface area contributed by atoms with Gasteiger partial charge in [-0.3, -0.25) is 0 Å². The first-order chi connectivity index (χ1) is 14.8. The smallest absolute Gasteiger partial charge is 0.331 e. The quantitative estimate of drug-likeness (QED) is 0.420. The van der Waals surface area contributed by atoms with Crippen molar-refractivity contribution in [3.63, 3.8) is 0 Å². The van der Waals surface area contributed by atoms with Crippen LogP contribution in [0.1, 0.15) is 32.2 Å². The van der Waals surface area contributed by atoms with E-state index in [0.29, 0.717) is 17.9 Å². The van der Waals surface area contributed by atoms with E-state index in [9.17, 15) is 8.78 Å². The number of nitrogens with zero attached hydrogens (tertiary/aromatic N) is 3. The molecule has 0 spiro atoms. The van der Waals surface area contributed by atoms with Crippen LogP contribution in [-0.2, 0) is 12.0 Å². The fraction of sp³-hybridized carbons (Fsp3) is 0.240. The SMILES string of the molecule is CC[n+]1c(/C=C/C=C2/N(C)c3ccccc3C2(C)C)n(/C(F)=C(\F)Cl)c2ccccc21. The highest BCUT2D eigenvalue weighted by Crippen LogP contribution is 2.46. The van der Waals surface area contributed by atoms with Crippen LogP contribution in [0.3, 0.4) is 0 Å². The second kappa shape index (κ2) is 7.97. The van der Waals surface area contributed by atoms with E-state index in [1.54, 1.807) is 18.2 Å². The number of hydrogen-bond donors (Lipinski definition) is 0. The van der Waals surface area contributed by atoms with Gasteiger partial charge in [-0.2, -0.15) is 13.3 Å². The molecule has 2 heterocycles. The summed E-state index contributed by atoms with van der Waals surface area (Å²) in [7, 11) is 2.04. The summed E-state index contributed by atoms with van der Waals surface area (Å²) in [5, 5.41) is -1.37. The Balaban J connectivity index is 1.85. The highest BCUT2D eigenvalue weighted by molar-refractivity contribution is 6.30. The Morgan fingerprint density at radius 1 is 1.10 bits per heavy atom. The summed E-state index contributed by atoms with van der Waals surface area (Å²) in [4.78, 5) is 2.17. The fourth-order valence-electron chi connectivity index (χ4n) is 4.56. The van der Waals surface area contributed by atoms with Crippen molar-refractivity contribution in [1.29, 1.82) is 0 Å². The highest BCUT2D eigenvalue weighted by Gasteiger charge is 2.37. The molecule has 0 fully saturated rings. The van der Waals surface area contributed by atoms with Crippen molar-refractivity contribution in [2.24, 2.45) is 0 Å². The number of aromatic nitrogens is 2. The highest BCUT2D eigenvalue weighted by atomic mass is 35.5. The molecule has 3 nitrogen and oxygen atoms in total. The molecule has 160 valence electrons. The third-order valence-electron chi connectivity index (χ3n) is 6.03. The number of hydrogen-bond acceptors (Lipinski definition) is 1. The van der Waals surface area contributed by atoms with Crippen LogP contribution in [-0.4, -0.2) is 11.6 Å². The van der Waals surface area contributed by atoms with E-state index in [4.69, 9.17) is 11.6 Å². The van der Waals surface area contributed by atoms with Gasteiger partial charge >= 0.3 is 5.95 Å². The zero-order chi connectivity index (χ0) is 22.3. The van der Waals surface area contributed by atoms with Gasteiger partial charge in [0.05, 0.1) is 6.54 Å². The van der Waals surface area contributed by atoms with Crippen LogP contribution >= 0.6 is 11.6 Å². The number of aryl methyl sites for hydroxylation is 1. The monoisotopic (exact) mass is 440 g/mol. The number of allylic oxidation sites excluding steroid dienone is 3. The molecule has 31 heavy (non-hydrogen) atoms. The third kappa shape index (κ3) is 3.37. The van der Waals surface area contributed by atoms with Gasteiger partial charge in [-0.15, -0.1) is 0 Å². The topological polar surface area (TPSA) is 12.1 Å². The van der Waals surface area contributed by atoms with E-state index in [1.807, 2.05) is 55.0 Å². The molecule has 1 aromatic heterocycles. The molecule has 1 aliphatic heterocycles.